The number of hydrogen-bond acceptors (Lipinski definition) is 7. The Labute approximate surface area is 177 Å². The van der Waals surface area contributed by atoms with Crippen molar-refractivity contribution in [1.82, 2.24) is 19.9 Å². The molecule has 154 valence electrons. The molecule has 0 atom stereocenters. The predicted octanol–water partition coefficient (Wildman–Crippen LogP) is 4.33. The molecule has 31 heavy (non-hydrogen) atoms. The number of rotatable bonds is 6. The minimum atomic E-state index is -0.298. The molecule has 0 unspecified atom stereocenters. The first-order chi connectivity index (χ1) is 15.1. The van der Waals surface area contributed by atoms with Gasteiger partial charge in [-0.1, -0.05) is 47.6 Å². The fourth-order valence-electron chi connectivity index (χ4n) is 3.41. The highest BCUT2D eigenvalue weighted by Gasteiger charge is 2.26. The van der Waals surface area contributed by atoms with Gasteiger partial charge in [-0.3, -0.25) is 9.48 Å². The van der Waals surface area contributed by atoms with E-state index in [4.69, 9.17) is 13.7 Å². The molecule has 0 radical (unpaired) electrons. The van der Waals surface area contributed by atoms with Gasteiger partial charge in [-0.05, 0) is 19.1 Å². The Morgan fingerprint density at radius 1 is 1.13 bits per heavy atom. The van der Waals surface area contributed by atoms with Gasteiger partial charge in [0.1, 0.15) is 24.4 Å². The Hall–Kier alpha value is -4.20. The van der Waals surface area contributed by atoms with Gasteiger partial charge in [0.05, 0.1) is 5.56 Å². The number of aryl methyl sites for hydroxylation is 2. The molecule has 0 saturated carbocycles. The van der Waals surface area contributed by atoms with E-state index in [9.17, 15) is 4.79 Å². The van der Waals surface area contributed by atoms with Gasteiger partial charge >= 0.3 is 0 Å². The van der Waals surface area contributed by atoms with Crippen LogP contribution in [0.15, 0.2) is 69.9 Å². The zero-order valence-corrected chi connectivity index (χ0v) is 16.9. The molecule has 5 aromatic rings. The van der Waals surface area contributed by atoms with Crippen molar-refractivity contribution >= 4 is 16.8 Å². The van der Waals surface area contributed by atoms with Crippen LogP contribution in [0.4, 0.5) is 0 Å². The van der Waals surface area contributed by atoms with E-state index in [1.807, 2.05) is 42.5 Å². The summed E-state index contributed by atoms with van der Waals surface area (Å²) in [5.74, 6) is 1.52. The summed E-state index contributed by atoms with van der Waals surface area (Å²) in [6, 6.07) is 16.6. The molecule has 5 rings (SSSR count). The van der Waals surface area contributed by atoms with Gasteiger partial charge in [0.15, 0.2) is 22.9 Å². The number of ether oxygens (including phenoxy) is 1. The average molecular weight is 414 g/mol. The van der Waals surface area contributed by atoms with Gasteiger partial charge in [0, 0.05) is 18.0 Å². The maximum atomic E-state index is 13.3. The number of para-hydroxylation sites is 1. The minimum Gasteiger partial charge on any atom is -0.482 e. The van der Waals surface area contributed by atoms with Crippen molar-refractivity contribution in [2.75, 3.05) is 0 Å². The first-order valence-corrected chi connectivity index (χ1v) is 9.66. The third kappa shape index (κ3) is 3.38. The molecule has 0 aliphatic carbocycles. The molecular weight excluding hydrogens is 396 g/mol. The summed E-state index contributed by atoms with van der Waals surface area (Å²) in [6.45, 7) is 1.94. The highest BCUT2D eigenvalue weighted by atomic mass is 16.5. The highest BCUT2D eigenvalue weighted by Crippen LogP contribution is 2.33. The number of ketones is 1. The minimum absolute atomic E-state index is 0.188. The zero-order valence-electron chi connectivity index (χ0n) is 16.9. The number of hydrogen-bond donors (Lipinski definition) is 0. The molecule has 0 aliphatic heterocycles. The van der Waals surface area contributed by atoms with E-state index in [1.165, 1.54) is 6.33 Å². The third-order valence-corrected chi connectivity index (χ3v) is 5.03. The van der Waals surface area contributed by atoms with Crippen LogP contribution in [0.5, 0.6) is 5.75 Å². The molecular formula is C23H18N4O4. The van der Waals surface area contributed by atoms with Gasteiger partial charge in [-0.15, -0.1) is 0 Å². The summed E-state index contributed by atoms with van der Waals surface area (Å²) in [5.41, 5.74) is 2.16. The molecule has 0 aliphatic rings. The van der Waals surface area contributed by atoms with E-state index in [1.54, 1.807) is 30.8 Å². The molecule has 0 bridgehead atoms. The van der Waals surface area contributed by atoms with Crippen molar-refractivity contribution in [3.05, 3.63) is 83.8 Å². The first kappa shape index (κ1) is 18.8. The van der Waals surface area contributed by atoms with Crippen molar-refractivity contribution < 1.29 is 18.5 Å². The highest BCUT2D eigenvalue weighted by molar-refractivity contribution is 6.13. The van der Waals surface area contributed by atoms with Crippen LogP contribution in [0.25, 0.3) is 22.2 Å². The van der Waals surface area contributed by atoms with Gasteiger partial charge in [-0.25, -0.2) is 4.98 Å². The Balaban J connectivity index is 1.50. The second-order valence-electron chi connectivity index (χ2n) is 7.03. The van der Waals surface area contributed by atoms with Crippen LogP contribution in [0, 0.1) is 6.92 Å². The second-order valence-corrected chi connectivity index (χ2v) is 7.03. The van der Waals surface area contributed by atoms with Crippen LogP contribution in [0.1, 0.15) is 27.7 Å². The number of aromatic nitrogens is 4. The van der Waals surface area contributed by atoms with Crippen LogP contribution in [-0.2, 0) is 13.7 Å². The standard InChI is InChI=1S/C23H18N4O4/c1-14-20(21(26-31-14)15-7-4-3-5-8-15)22(28)18-11-16-9-6-10-17(23(16)30-18)29-12-19-24-13-25-27(19)2/h3-11,13H,12H2,1-2H3. The van der Waals surface area contributed by atoms with Crippen molar-refractivity contribution in [3.63, 3.8) is 0 Å². The van der Waals surface area contributed by atoms with E-state index in [-0.39, 0.29) is 18.2 Å². The average Bonchev–Trinajstić information content (AvgIpc) is 3.50. The van der Waals surface area contributed by atoms with E-state index in [2.05, 4.69) is 15.2 Å². The summed E-state index contributed by atoms with van der Waals surface area (Å²) in [7, 11) is 1.79. The molecule has 8 nitrogen and oxygen atoms in total. The molecule has 0 spiro atoms. The number of benzene rings is 2. The fourth-order valence-corrected chi connectivity index (χ4v) is 3.41. The Kier molecular flexibility index (Phi) is 4.59. The van der Waals surface area contributed by atoms with Gasteiger partial charge < -0.3 is 13.7 Å². The number of nitrogens with zero attached hydrogens (tertiary/aromatic N) is 4. The van der Waals surface area contributed by atoms with Crippen LogP contribution in [0.2, 0.25) is 0 Å². The Morgan fingerprint density at radius 3 is 2.74 bits per heavy atom. The van der Waals surface area contributed by atoms with Gasteiger partial charge in [0.2, 0.25) is 5.78 Å². The second kappa shape index (κ2) is 7.56. The fraction of sp³-hybridized carbons (Fsp3) is 0.130. The summed E-state index contributed by atoms with van der Waals surface area (Å²) >= 11 is 0. The van der Waals surface area contributed by atoms with Crippen molar-refractivity contribution in [1.29, 1.82) is 0 Å². The largest absolute Gasteiger partial charge is 0.482 e. The van der Waals surface area contributed by atoms with Gasteiger partial charge in [0.25, 0.3) is 0 Å². The van der Waals surface area contributed by atoms with Crippen molar-refractivity contribution in [2.24, 2.45) is 7.05 Å². The van der Waals surface area contributed by atoms with Crippen molar-refractivity contribution in [2.45, 2.75) is 13.5 Å². The lowest BCUT2D eigenvalue weighted by molar-refractivity contribution is 0.101. The van der Waals surface area contributed by atoms with E-state index < -0.39 is 0 Å². The zero-order chi connectivity index (χ0) is 21.4. The molecule has 0 saturated heterocycles. The summed E-state index contributed by atoms with van der Waals surface area (Å²) in [6.07, 6.45) is 1.47. The normalized spacial score (nSPS) is 11.2. The van der Waals surface area contributed by atoms with Crippen LogP contribution >= 0.6 is 0 Å². The van der Waals surface area contributed by atoms with Crippen molar-refractivity contribution in [3.8, 4) is 17.0 Å². The number of fused-ring (bicyclic) bond motifs is 1. The van der Waals surface area contributed by atoms with Crippen LogP contribution in [0.3, 0.4) is 0 Å². The van der Waals surface area contributed by atoms with E-state index >= 15 is 0 Å². The molecule has 8 heteroatoms. The smallest absolute Gasteiger partial charge is 0.234 e. The lowest BCUT2D eigenvalue weighted by Crippen LogP contribution is -2.04. The quantitative estimate of drug-likeness (QED) is 0.381. The molecule has 0 fully saturated rings. The molecule has 0 amide bonds. The maximum absolute atomic E-state index is 13.3. The van der Waals surface area contributed by atoms with E-state index in [0.29, 0.717) is 34.2 Å². The summed E-state index contributed by atoms with van der Waals surface area (Å²) < 4.78 is 18.8. The van der Waals surface area contributed by atoms with Crippen LogP contribution in [-0.4, -0.2) is 25.7 Å². The molecule has 3 heterocycles. The summed E-state index contributed by atoms with van der Waals surface area (Å²) in [5, 5.41) is 8.88. The van der Waals surface area contributed by atoms with Crippen LogP contribution < -0.4 is 4.74 Å². The van der Waals surface area contributed by atoms with E-state index in [0.717, 1.165) is 10.9 Å². The molecule has 2 aromatic carbocycles. The Morgan fingerprint density at radius 2 is 1.97 bits per heavy atom. The SMILES string of the molecule is Cc1onc(-c2ccccc2)c1C(=O)c1cc2cccc(OCc3ncnn3C)c2o1. The number of carbonyl (C=O) groups is 1. The third-order valence-electron chi connectivity index (χ3n) is 5.03. The first-order valence-electron chi connectivity index (χ1n) is 9.66. The topological polar surface area (TPSA) is 96.2 Å². The lowest BCUT2D eigenvalue weighted by Gasteiger charge is -2.05. The molecule has 0 N–H and O–H groups in total. The maximum Gasteiger partial charge on any atom is 0.234 e. The van der Waals surface area contributed by atoms with Gasteiger partial charge in [-0.2, -0.15) is 5.10 Å². The molecule has 3 aromatic heterocycles. The number of carbonyl (C=O) groups excluding carboxylic acids is 1. The predicted molar refractivity (Wildman–Crippen MR) is 112 cm³/mol. The summed E-state index contributed by atoms with van der Waals surface area (Å²) in [4.78, 5) is 17.5. The Bertz CT molecular complexity index is 1380. The number of furan rings is 1. The monoisotopic (exact) mass is 414 g/mol. The lowest BCUT2D eigenvalue weighted by atomic mass is 10.0.